The van der Waals surface area contributed by atoms with Crippen LogP contribution in [0.1, 0.15) is 31.2 Å². The lowest BCUT2D eigenvalue weighted by Crippen LogP contribution is -2.13. The van der Waals surface area contributed by atoms with Gasteiger partial charge in [-0.15, -0.1) is 11.8 Å². The fraction of sp³-hybridized carbons (Fsp3) is 0.538. The summed E-state index contributed by atoms with van der Waals surface area (Å²) in [5.41, 5.74) is 6.96. The zero-order chi connectivity index (χ0) is 11.4. The zero-order valence-electron chi connectivity index (χ0n) is 9.74. The fourth-order valence-corrected chi connectivity index (χ4v) is 2.88. The van der Waals surface area contributed by atoms with Crippen LogP contribution in [0.5, 0.6) is 5.75 Å². The Morgan fingerprint density at radius 3 is 2.75 bits per heavy atom. The number of nitrogens with two attached hydrogens (primary N) is 1. The number of ether oxygens (including phenoxy) is 1. The Kier molecular flexibility index (Phi) is 4.13. The van der Waals surface area contributed by atoms with Gasteiger partial charge in [0.25, 0.3) is 0 Å². The van der Waals surface area contributed by atoms with Crippen molar-refractivity contribution in [3.05, 3.63) is 23.8 Å². The highest BCUT2D eigenvalue weighted by Crippen LogP contribution is 2.31. The number of hydrogen-bond donors (Lipinski definition) is 1. The second-order valence-corrected chi connectivity index (χ2v) is 5.01. The molecular weight excluding hydrogens is 218 g/mol. The minimum absolute atomic E-state index is 0.405. The van der Waals surface area contributed by atoms with Crippen molar-refractivity contribution in [3.8, 4) is 5.75 Å². The van der Waals surface area contributed by atoms with Gasteiger partial charge in [-0.25, -0.2) is 0 Å². The van der Waals surface area contributed by atoms with Crippen molar-refractivity contribution in [2.75, 3.05) is 6.26 Å². The van der Waals surface area contributed by atoms with Gasteiger partial charge in [0, 0.05) is 17.0 Å². The Morgan fingerprint density at radius 1 is 1.38 bits per heavy atom. The third kappa shape index (κ3) is 2.53. The normalized spacial score (nSPS) is 16.6. The monoisotopic (exact) mass is 237 g/mol. The summed E-state index contributed by atoms with van der Waals surface area (Å²) in [6, 6.07) is 6.20. The fourth-order valence-electron chi connectivity index (χ4n) is 2.23. The molecule has 0 bridgehead atoms. The summed E-state index contributed by atoms with van der Waals surface area (Å²) in [7, 11) is 0. The summed E-state index contributed by atoms with van der Waals surface area (Å²) >= 11 is 1.73. The van der Waals surface area contributed by atoms with E-state index in [4.69, 9.17) is 10.5 Å². The third-order valence-corrected chi connectivity index (χ3v) is 3.93. The van der Waals surface area contributed by atoms with E-state index in [0.717, 1.165) is 11.3 Å². The van der Waals surface area contributed by atoms with E-state index in [1.807, 2.05) is 6.07 Å². The first kappa shape index (κ1) is 11.8. The Morgan fingerprint density at radius 2 is 2.12 bits per heavy atom. The first-order valence-corrected chi connectivity index (χ1v) is 7.10. The smallest absolute Gasteiger partial charge is 0.125 e. The highest BCUT2D eigenvalue weighted by molar-refractivity contribution is 7.98. The maximum Gasteiger partial charge on any atom is 0.125 e. The van der Waals surface area contributed by atoms with Crippen molar-refractivity contribution in [2.45, 2.75) is 43.2 Å². The predicted molar refractivity (Wildman–Crippen MR) is 69.0 cm³/mol. The lowest BCUT2D eigenvalue weighted by molar-refractivity contribution is 0.207. The van der Waals surface area contributed by atoms with Gasteiger partial charge in [-0.2, -0.15) is 0 Å². The van der Waals surface area contributed by atoms with Crippen LogP contribution in [0.15, 0.2) is 23.1 Å². The molecule has 2 nitrogen and oxygen atoms in total. The molecule has 1 aromatic rings. The molecule has 0 amide bonds. The van der Waals surface area contributed by atoms with Crippen molar-refractivity contribution in [3.63, 3.8) is 0 Å². The second-order valence-electron chi connectivity index (χ2n) is 4.17. The topological polar surface area (TPSA) is 35.2 Å². The molecule has 1 aromatic carbocycles. The molecule has 0 aromatic heterocycles. The Labute approximate surface area is 102 Å². The third-order valence-electron chi connectivity index (χ3n) is 3.11. The highest BCUT2D eigenvalue weighted by Gasteiger charge is 2.18. The number of hydrogen-bond acceptors (Lipinski definition) is 3. The molecule has 2 N–H and O–H groups in total. The standard InChI is InChI=1S/C13H19NOS/c1-16-13-8-4-7-12(11(13)9-14)15-10-5-2-3-6-10/h4,7-8,10H,2-3,5-6,9,14H2,1H3. The molecule has 1 aliphatic carbocycles. The van der Waals surface area contributed by atoms with Gasteiger partial charge in [0.05, 0.1) is 6.10 Å². The molecule has 0 atom stereocenters. The van der Waals surface area contributed by atoms with Crippen LogP contribution in [-0.2, 0) is 6.54 Å². The molecule has 1 saturated carbocycles. The quantitative estimate of drug-likeness (QED) is 0.817. The van der Waals surface area contributed by atoms with E-state index < -0.39 is 0 Å². The van der Waals surface area contributed by atoms with Crippen LogP contribution in [-0.4, -0.2) is 12.4 Å². The molecule has 0 spiro atoms. The number of rotatable bonds is 4. The van der Waals surface area contributed by atoms with E-state index >= 15 is 0 Å². The van der Waals surface area contributed by atoms with E-state index in [2.05, 4.69) is 18.4 Å². The van der Waals surface area contributed by atoms with Gasteiger partial charge in [-0.05, 0) is 44.1 Å². The number of thioether (sulfide) groups is 1. The van der Waals surface area contributed by atoms with E-state index in [-0.39, 0.29) is 0 Å². The lowest BCUT2D eigenvalue weighted by atomic mass is 10.2. The molecule has 0 saturated heterocycles. The molecule has 0 heterocycles. The average molecular weight is 237 g/mol. The number of benzene rings is 1. The second kappa shape index (κ2) is 5.60. The van der Waals surface area contributed by atoms with Crippen LogP contribution in [0.4, 0.5) is 0 Å². The Balaban J connectivity index is 2.18. The van der Waals surface area contributed by atoms with Gasteiger partial charge in [-0.1, -0.05) is 6.07 Å². The van der Waals surface area contributed by atoms with Crippen LogP contribution in [0, 0.1) is 0 Å². The lowest BCUT2D eigenvalue weighted by Gasteiger charge is -2.17. The largest absolute Gasteiger partial charge is 0.490 e. The van der Waals surface area contributed by atoms with Gasteiger partial charge in [0.1, 0.15) is 5.75 Å². The Hall–Kier alpha value is -0.670. The maximum absolute atomic E-state index is 6.05. The predicted octanol–water partition coefficient (Wildman–Crippen LogP) is 3.19. The van der Waals surface area contributed by atoms with E-state index in [1.165, 1.54) is 30.6 Å². The summed E-state index contributed by atoms with van der Waals surface area (Å²) in [5.74, 6) is 0.987. The van der Waals surface area contributed by atoms with Crippen LogP contribution in [0.2, 0.25) is 0 Å². The SMILES string of the molecule is CSc1cccc(OC2CCCC2)c1CN. The first-order chi connectivity index (χ1) is 7.85. The van der Waals surface area contributed by atoms with Crippen LogP contribution >= 0.6 is 11.8 Å². The van der Waals surface area contributed by atoms with Crippen molar-refractivity contribution in [1.82, 2.24) is 0 Å². The summed E-state index contributed by atoms with van der Waals surface area (Å²) in [5, 5.41) is 0. The molecular formula is C13H19NOS. The maximum atomic E-state index is 6.05. The van der Waals surface area contributed by atoms with Crippen LogP contribution in [0.3, 0.4) is 0 Å². The van der Waals surface area contributed by atoms with Crippen molar-refractivity contribution in [1.29, 1.82) is 0 Å². The van der Waals surface area contributed by atoms with Crippen LogP contribution < -0.4 is 10.5 Å². The molecule has 88 valence electrons. The average Bonchev–Trinajstić information content (AvgIpc) is 2.81. The van der Waals surface area contributed by atoms with E-state index in [9.17, 15) is 0 Å². The first-order valence-electron chi connectivity index (χ1n) is 5.87. The van der Waals surface area contributed by atoms with E-state index in [1.54, 1.807) is 11.8 Å². The molecule has 0 aliphatic heterocycles. The molecule has 1 fully saturated rings. The van der Waals surface area contributed by atoms with Gasteiger partial charge in [-0.3, -0.25) is 0 Å². The summed E-state index contributed by atoms with van der Waals surface area (Å²) in [6.45, 7) is 0.555. The molecule has 0 radical (unpaired) electrons. The highest BCUT2D eigenvalue weighted by atomic mass is 32.2. The van der Waals surface area contributed by atoms with Gasteiger partial charge in [0.15, 0.2) is 0 Å². The van der Waals surface area contributed by atoms with Crippen molar-refractivity contribution in [2.24, 2.45) is 5.73 Å². The zero-order valence-corrected chi connectivity index (χ0v) is 10.6. The van der Waals surface area contributed by atoms with E-state index in [0.29, 0.717) is 12.6 Å². The van der Waals surface area contributed by atoms with Gasteiger partial charge in [0.2, 0.25) is 0 Å². The van der Waals surface area contributed by atoms with Crippen molar-refractivity contribution < 1.29 is 4.74 Å². The minimum Gasteiger partial charge on any atom is -0.490 e. The molecule has 3 heteroatoms. The minimum atomic E-state index is 0.405. The molecule has 0 unspecified atom stereocenters. The summed E-state index contributed by atoms with van der Waals surface area (Å²) in [6.07, 6.45) is 7.45. The van der Waals surface area contributed by atoms with Crippen LogP contribution in [0.25, 0.3) is 0 Å². The molecule has 1 aliphatic rings. The van der Waals surface area contributed by atoms with Gasteiger partial charge < -0.3 is 10.5 Å². The summed E-state index contributed by atoms with van der Waals surface area (Å²) < 4.78 is 6.05. The van der Waals surface area contributed by atoms with Gasteiger partial charge >= 0.3 is 0 Å². The molecule has 2 rings (SSSR count). The Bertz CT molecular complexity index is 348. The molecule has 16 heavy (non-hydrogen) atoms. The summed E-state index contributed by atoms with van der Waals surface area (Å²) in [4.78, 5) is 1.23. The van der Waals surface area contributed by atoms with Crippen molar-refractivity contribution >= 4 is 11.8 Å².